The summed E-state index contributed by atoms with van der Waals surface area (Å²) in [6.45, 7) is 2.39. The van der Waals surface area contributed by atoms with Gasteiger partial charge in [-0.15, -0.1) is 0 Å². The standard InChI is InChI=1S/C17H22BrN3/c1-20-8-3-4-15(20)17-16-12(7-9-21(17)2)13-10-11(18)5-6-14(13)19-16/h5-6,10,15,17,19H,3-4,7-9H2,1-2H3/t15-,17-/m1/s1. The van der Waals surface area contributed by atoms with Crippen molar-refractivity contribution < 1.29 is 0 Å². The van der Waals surface area contributed by atoms with Crippen LogP contribution in [0.3, 0.4) is 0 Å². The zero-order chi connectivity index (χ0) is 14.6. The molecule has 1 aromatic heterocycles. The average molecular weight is 348 g/mol. The number of hydrogen-bond acceptors (Lipinski definition) is 2. The molecule has 2 aliphatic heterocycles. The van der Waals surface area contributed by atoms with Crippen molar-refractivity contribution in [3.63, 3.8) is 0 Å². The van der Waals surface area contributed by atoms with Gasteiger partial charge < -0.3 is 9.88 Å². The van der Waals surface area contributed by atoms with E-state index in [-0.39, 0.29) is 0 Å². The van der Waals surface area contributed by atoms with Crippen LogP contribution in [-0.4, -0.2) is 48.0 Å². The van der Waals surface area contributed by atoms with Gasteiger partial charge in [-0.25, -0.2) is 0 Å². The first-order valence-electron chi connectivity index (χ1n) is 7.85. The fraction of sp³-hybridized carbons (Fsp3) is 0.529. The van der Waals surface area contributed by atoms with Crippen molar-refractivity contribution in [1.82, 2.24) is 14.8 Å². The highest BCUT2D eigenvalue weighted by Gasteiger charge is 2.37. The SMILES string of the molecule is CN1CCC[C@@H]1[C@@H]1c2[nH]c3ccc(Br)cc3c2CCN1C. The smallest absolute Gasteiger partial charge is 0.0656 e. The zero-order valence-corrected chi connectivity index (χ0v) is 14.3. The Morgan fingerprint density at radius 2 is 2.05 bits per heavy atom. The lowest BCUT2D eigenvalue weighted by molar-refractivity contribution is 0.129. The van der Waals surface area contributed by atoms with Crippen molar-refractivity contribution in [2.75, 3.05) is 27.2 Å². The van der Waals surface area contributed by atoms with Gasteiger partial charge >= 0.3 is 0 Å². The number of benzene rings is 1. The van der Waals surface area contributed by atoms with E-state index in [2.05, 4.69) is 63.0 Å². The minimum Gasteiger partial charge on any atom is -0.357 e. The van der Waals surface area contributed by atoms with Crippen LogP contribution in [0.1, 0.15) is 30.1 Å². The van der Waals surface area contributed by atoms with Crippen LogP contribution in [0.5, 0.6) is 0 Å². The normalized spacial score (nSPS) is 27.4. The van der Waals surface area contributed by atoms with Gasteiger partial charge in [-0.2, -0.15) is 0 Å². The number of hydrogen-bond donors (Lipinski definition) is 1. The Balaban J connectivity index is 1.85. The molecule has 2 aliphatic rings. The van der Waals surface area contributed by atoms with Gasteiger partial charge in [0.2, 0.25) is 0 Å². The molecule has 0 saturated carbocycles. The zero-order valence-electron chi connectivity index (χ0n) is 12.7. The molecule has 2 atom stereocenters. The van der Waals surface area contributed by atoms with Gasteiger partial charge in [-0.05, 0) is 63.7 Å². The highest BCUT2D eigenvalue weighted by atomic mass is 79.9. The second-order valence-corrected chi connectivity index (χ2v) is 7.49. The maximum absolute atomic E-state index is 3.73. The topological polar surface area (TPSA) is 22.3 Å². The lowest BCUT2D eigenvalue weighted by Gasteiger charge is -2.39. The van der Waals surface area contributed by atoms with Crippen LogP contribution in [0.25, 0.3) is 10.9 Å². The number of halogens is 1. The van der Waals surface area contributed by atoms with E-state index >= 15 is 0 Å². The molecule has 0 unspecified atom stereocenters. The lowest BCUT2D eigenvalue weighted by atomic mass is 9.92. The molecular weight excluding hydrogens is 326 g/mol. The van der Waals surface area contributed by atoms with Gasteiger partial charge in [0, 0.05) is 33.7 Å². The Hall–Kier alpha value is -0.840. The molecule has 0 radical (unpaired) electrons. The third-order valence-corrected chi connectivity index (χ3v) is 5.82. The van der Waals surface area contributed by atoms with E-state index in [1.165, 1.54) is 46.0 Å². The van der Waals surface area contributed by atoms with Crippen molar-refractivity contribution in [3.8, 4) is 0 Å². The van der Waals surface area contributed by atoms with Gasteiger partial charge in [-0.1, -0.05) is 15.9 Å². The molecule has 4 heteroatoms. The second kappa shape index (κ2) is 5.11. The lowest BCUT2D eigenvalue weighted by Crippen LogP contribution is -2.43. The minimum atomic E-state index is 0.507. The van der Waals surface area contributed by atoms with E-state index in [1.807, 2.05) is 0 Å². The molecule has 21 heavy (non-hydrogen) atoms. The summed E-state index contributed by atoms with van der Waals surface area (Å²) in [5.74, 6) is 0. The molecule has 1 aromatic carbocycles. The van der Waals surface area contributed by atoms with Crippen LogP contribution in [-0.2, 0) is 6.42 Å². The highest BCUT2D eigenvalue weighted by Crippen LogP contribution is 2.40. The van der Waals surface area contributed by atoms with Gasteiger partial charge in [0.1, 0.15) is 0 Å². The Labute approximate surface area is 134 Å². The summed E-state index contributed by atoms with van der Waals surface area (Å²) in [5.41, 5.74) is 4.27. The predicted octanol–water partition coefficient (Wildman–Crippen LogP) is 3.55. The maximum Gasteiger partial charge on any atom is 0.0656 e. The molecule has 1 saturated heterocycles. The van der Waals surface area contributed by atoms with Crippen molar-refractivity contribution >= 4 is 26.8 Å². The summed E-state index contributed by atoms with van der Waals surface area (Å²) in [4.78, 5) is 8.81. The van der Waals surface area contributed by atoms with Crippen molar-refractivity contribution in [2.24, 2.45) is 0 Å². The number of rotatable bonds is 1. The van der Waals surface area contributed by atoms with Crippen LogP contribution in [0.2, 0.25) is 0 Å². The molecular formula is C17H22BrN3. The summed E-state index contributed by atoms with van der Waals surface area (Å²) in [6.07, 6.45) is 3.78. The quantitative estimate of drug-likeness (QED) is 0.851. The van der Waals surface area contributed by atoms with Gasteiger partial charge in [0.05, 0.1) is 6.04 Å². The summed E-state index contributed by atoms with van der Waals surface area (Å²) in [5, 5.41) is 1.40. The molecule has 0 amide bonds. The monoisotopic (exact) mass is 347 g/mol. The summed E-state index contributed by atoms with van der Waals surface area (Å²) < 4.78 is 1.17. The van der Waals surface area contributed by atoms with Gasteiger partial charge in [-0.3, -0.25) is 4.90 Å². The molecule has 1 fully saturated rings. The van der Waals surface area contributed by atoms with E-state index < -0.39 is 0 Å². The van der Waals surface area contributed by atoms with E-state index in [0.29, 0.717) is 12.1 Å². The third kappa shape index (κ3) is 2.16. The Bertz CT molecular complexity index is 678. The second-order valence-electron chi connectivity index (χ2n) is 6.57. The number of likely N-dealkylation sites (tertiary alicyclic amines) is 1. The van der Waals surface area contributed by atoms with Gasteiger partial charge in [0.25, 0.3) is 0 Å². The third-order valence-electron chi connectivity index (χ3n) is 5.33. The summed E-state index contributed by atoms with van der Waals surface area (Å²) in [7, 11) is 4.56. The van der Waals surface area contributed by atoms with Crippen molar-refractivity contribution in [1.29, 1.82) is 0 Å². The van der Waals surface area contributed by atoms with E-state index in [0.717, 1.165) is 13.0 Å². The molecule has 4 rings (SSSR count). The highest BCUT2D eigenvalue weighted by molar-refractivity contribution is 9.10. The Kier molecular flexibility index (Phi) is 3.36. The summed E-state index contributed by atoms with van der Waals surface area (Å²) in [6, 6.07) is 7.75. The summed E-state index contributed by atoms with van der Waals surface area (Å²) >= 11 is 3.62. The molecule has 3 heterocycles. The number of aromatic nitrogens is 1. The maximum atomic E-state index is 3.73. The molecule has 2 aromatic rings. The first-order chi connectivity index (χ1) is 10.1. The first kappa shape index (κ1) is 13.8. The Morgan fingerprint density at radius 3 is 2.81 bits per heavy atom. The van der Waals surface area contributed by atoms with Gasteiger partial charge in [0.15, 0.2) is 0 Å². The molecule has 3 nitrogen and oxygen atoms in total. The number of nitrogens with zero attached hydrogens (tertiary/aromatic N) is 2. The number of H-pyrrole nitrogens is 1. The van der Waals surface area contributed by atoms with E-state index in [1.54, 1.807) is 0 Å². The largest absolute Gasteiger partial charge is 0.357 e. The Morgan fingerprint density at radius 1 is 1.19 bits per heavy atom. The van der Waals surface area contributed by atoms with Crippen LogP contribution in [0, 0.1) is 0 Å². The van der Waals surface area contributed by atoms with Crippen LogP contribution >= 0.6 is 15.9 Å². The molecule has 0 bridgehead atoms. The number of likely N-dealkylation sites (N-methyl/N-ethyl adjacent to an activating group) is 2. The minimum absolute atomic E-state index is 0.507. The number of aromatic amines is 1. The molecule has 0 aliphatic carbocycles. The molecule has 1 N–H and O–H groups in total. The van der Waals surface area contributed by atoms with Crippen LogP contribution < -0.4 is 0 Å². The van der Waals surface area contributed by atoms with E-state index in [9.17, 15) is 0 Å². The molecule has 0 spiro atoms. The van der Waals surface area contributed by atoms with Crippen molar-refractivity contribution in [2.45, 2.75) is 31.3 Å². The predicted molar refractivity (Wildman–Crippen MR) is 90.7 cm³/mol. The van der Waals surface area contributed by atoms with Crippen LogP contribution in [0.4, 0.5) is 0 Å². The van der Waals surface area contributed by atoms with Crippen LogP contribution in [0.15, 0.2) is 22.7 Å². The first-order valence-corrected chi connectivity index (χ1v) is 8.65. The van der Waals surface area contributed by atoms with Crippen molar-refractivity contribution in [3.05, 3.63) is 33.9 Å². The fourth-order valence-corrected chi connectivity index (χ4v) is 4.59. The fourth-order valence-electron chi connectivity index (χ4n) is 4.23. The number of nitrogens with one attached hydrogen (secondary N) is 1. The van der Waals surface area contributed by atoms with E-state index in [4.69, 9.17) is 0 Å². The average Bonchev–Trinajstić information content (AvgIpc) is 3.02. The molecule has 112 valence electrons. The number of fused-ring (bicyclic) bond motifs is 3.